The Morgan fingerprint density at radius 2 is 1.81 bits per heavy atom. The molecule has 0 unspecified atom stereocenters. The zero-order valence-electron chi connectivity index (χ0n) is 14.6. The van der Waals surface area contributed by atoms with E-state index in [4.69, 9.17) is 16.0 Å². The number of hydrogen-bond acceptors (Lipinski definition) is 4. The van der Waals surface area contributed by atoms with Crippen LogP contribution in [-0.4, -0.2) is 23.0 Å². The number of halogens is 1. The third-order valence-corrected chi connectivity index (χ3v) is 6.07. The Morgan fingerprint density at radius 1 is 1.11 bits per heavy atom. The molecule has 2 heterocycles. The highest BCUT2D eigenvalue weighted by Crippen LogP contribution is 2.52. The van der Waals surface area contributed by atoms with Crippen molar-refractivity contribution in [2.24, 2.45) is 28.8 Å². The summed E-state index contributed by atoms with van der Waals surface area (Å²) in [6.07, 6.45) is 6.47. The largest absolute Gasteiger partial charge is 0.455 e. The SMILES string of the molecule is Cc1ccc(Cl)cc1-c1ccc(/C=N\N2C(=O)[C@H]3[C@H](C2=O)[C@H]2C=C[C@H]3C2)o1. The van der Waals surface area contributed by atoms with Gasteiger partial charge in [-0.05, 0) is 55.0 Å². The van der Waals surface area contributed by atoms with Crippen LogP contribution in [0.4, 0.5) is 0 Å². The molecule has 2 bridgehead atoms. The van der Waals surface area contributed by atoms with E-state index in [-0.39, 0.29) is 35.5 Å². The fourth-order valence-corrected chi connectivity index (χ4v) is 4.71. The second-order valence-electron chi connectivity index (χ2n) is 7.39. The third kappa shape index (κ3) is 2.49. The molecule has 6 heteroatoms. The average Bonchev–Trinajstić information content (AvgIpc) is 3.41. The summed E-state index contributed by atoms with van der Waals surface area (Å²) >= 11 is 6.07. The molecule has 1 saturated heterocycles. The van der Waals surface area contributed by atoms with Gasteiger partial charge in [0, 0.05) is 10.6 Å². The van der Waals surface area contributed by atoms with Crippen molar-refractivity contribution >= 4 is 29.6 Å². The standard InChI is InChI=1S/C21H17ClN2O3/c1-11-2-5-14(22)9-16(11)17-7-6-15(27-17)10-23-24-20(25)18-12-3-4-13(8-12)19(18)21(24)26/h2-7,9-10,12-13,18-19H,8H2,1H3/b23-10-/t12-,13-,18+,19+/m0/s1. The Balaban J connectivity index is 1.38. The van der Waals surface area contributed by atoms with Crippen LogP contribution < -0.4 is 0 Å². The van der Waals surface area contributed by atoms with Crippen molar-refractivity contribution in [3.05, 3.63) is 58.8 Å². The lowest BCUT2D eigenvalue weighted by atomic mass is 9.85. The summed E-state index contributed by atoms with van der Waals surface area (Å²) < 4.78 is 5.81. The summed E-state index contributed by atoms with van der Waals surface area (Å²) in [5.74, 6) is 0.607. The Morgan fingerprint density at radius 3 is 2.52 bits per heavy atom. The smallest absolute Gasteiger partial charge is 0.254 e. The van der Waals surface area contributed by atoms with Crippen LogP contribution in [0, 0.1) is 30.6 Å². The number of rotatable bonds is 3. The van der Waals surface area contributed by atoms with Crippen molar-refractivity contribution in [3.8, 4) is 11.3 Å². The van der Waals surface area contributed by atoms with Gasteiger partial charge in [0.25, 0.3) is 11.8 Å². The lowest BCUT2D eigenvalue weighted by molar-refractivity contribution is -0.140. The highest BCUT2D eigenvalue weighted by Gasteiger charge is 2.59. The van der Waals surface area contributed by atoms with E-state index in [2.05, 4.69) is 17.3 Å². The van der Waals surface area contributed by atoms with Gasteiger partial charge in [-0.2, -0.15) is 10.1 Å². The molecule has 136 valence electrons. The van der Waals surface area contributed by atoms with Crippen LogP contribution in [0.25, 0.3) is 11.3 Å². The van der Waals surface area contributed by atoms with Gasteiger partial charge in [-0.1, -0.05) is 29.8 Å². The maximum absolute atomic E-state index is 12.6. The molecule has 0 spiro atoms. The third-order valence-electron chi connectivity index (χ3n) is 5.84. The normalized spacial score (nSPS) is 28.7. The van der Waals surface area contributed by atoms with Gasteiger partial charge in [0.2, 0.25) is 0 Å². The van der Waals surface area contributed by atoms with Crippen LogP contribution in [0.2, 0.25) is 5.02 Å². The van der Waals surface area contributed by atoms with Crippen molar-refractivity contribution in [1.82, 2.24) is 5.01 Å². The Kier molecular flexibility index (Phi) is 3.62. The number of fused-ring (bicyclic) bond motifs is 5. The van der Waals surface area contributed by atoms with Crippen molar-refractivity contribution in [3.63, 3.8) is 0 Å². The molecule has 1 aromatic heterocycles. The first kappa shape index (κ1) is 16.5. The number of imide groups is 1. The number of carbonyl (C=O) groups excluding carboxylic acids is 2. The molecule has 1 aliphatic heterocycles. The van der Waals surface area contributed by atoms with Crippen molar-refractivity contribution in [2.75, 3.05) is 0 Å². The van der Waals surface area contributed by atoms with Crippen LogP contribution >= 0.6 is 11.6 Å². The topological polar surface area (TPSA) is 62.9 Å². The Bertz CT molecular complexity index is 992. The summed E-state index contributed by atoms with van der Waals surface area (Å²) in [6, 6.07) is 9.18. The second-order valence-corrected chi connectivity index (χ2v) is 7.83. The zero-order valence-corrected chi connectivity index (χ0v) is 15.4. The summed E-state index contributed by atoms with van der Waals surface area (Å²) in [4.78, 5) is 25.3. The Labute approximate surface area is 161 Å². The van der Waals surface area contributed by atoms with E-state index < -0.39 is 0 Å². The minimum atomic E-state index is -0.245. The van der Waals surface area contributed by atoms with Crippen LogP contribution in [-0.2, 0) is 9.59 Å². The molecule has 0 N–H and O–H groups in total. The van der Waals surface area contributed by atoms with Gasteiger partial charge in [-0.25, -0.2) is 0 Å². The van der Waals surface area contributed by atoms with Gasteiger partial charge in [-0.15, -0.1) is 0 Å². The van der Waals surface area contributed by atoms with Gasteiger partial charge < -0.3 is 4.42 Å². The Hall–Kier alpha value is -2.66. The van der Waals surface area contributed by atoms with Crippen molar-refractivity contribution < 1.29 is 14.0 Å². The molecule has 0 radical (unpaired) electrons. The van der Waals surface area contributed by atoms with Crippen LogP contribution in [0.1, 0.15) is 17.7 Å². The number of benzene rings is 1. The van der Waals surface area contributed by atoms with Crippen LogP contribution in [0.5, 0.6) is 0 Å². The molecule has 1 aromatic carbocycles. The van der Waals surface area contributed by atoms with Gasteiger partial charge in [0.1, 0.15) is 11.5 Å². The molecule has 5 nitrogen and oxygen atoms in total. The number of allylic oxidation sites excluding steroid dienone is 2. The summed E-state index contributed by atoms with van der Waals surface area (Å²) in [6.45, 7) is 1.98. The van der Waals surface area contributed by atoms with Gasteiger partial charge >= 0.3 is 0 Å². The van der Waals surface area contributed by atoms with E-state index >= 15 is 0 Å². The molecule has 2 aliphatic carbocycles. The first-order chi connectivity index (χ1) is 13.0. The highest BCUT2D eigenvalue weighted by molar-refractivity contribution is 6.30. The molecule has 27 heavy (non-hydrogen) atoms. The fourth-order valence-electron chi connectivity index (χ4n) is 4.54. The number of furan rings is 1. The molecular weight excluding hydrogens is 364 g/mol. The number of amides is 2. The minimum Gasteiger partial charge on any atom is -0.455 e. The number of carbonyl (C=O) groups is 2. The number of hydrazone groups is 1. The van der Waals surface area contributed by atoms with Crippen LogP contribution in [0.3, 0.4) is 0 Å². The molecule has 5 rings (SSSR count). The molecule has 3 aliphatic rings. The fraction of sp³-hybridized carbons (Fsp3) is 0.286. The van der Waals surface area contributed by atoms with Crippen molar-refractivity contribution in [2.45, 2.75) is 13.3 Å². The number of aryl methyl sites for hydroxylation is 1. The van der Waals surface area contributed by atoms with Gasteiger partial charge in [0.15, 0.2) is 0 Å². The predicted molar refractivity (Wildman–Crippen MR) is 101 cm³/mol. The first-order valence-corrected chi connectivity index (χ1v) is 9.37. The van der Waals surface area contributed by atoms with Gasteiger partial charge in [0.05, 0.1) is 18.1 Å². The quantitative estimate of drug-likeness (QED) is 0.458. The molecule has 2 amide bonds. The highest BCUT2D eigenvalue weighted by atomic mass is 35.5. The monoisotopic (exact) mass is 380 g/mol. The summed E-state index contributed by atoms with van der Waals surface area (Å²) in [7, 11) is 0. The first-order valence-electron chi connectivity index (χ1n) is 8.99. The van der Waals surface area contributed by atoms with Gasteiger partial charge in [-0.3, -0.25) is 9.59 Å². The van der Waals surface area contributed by atoms with Crippen LogP contribution in [0.15, 0.2) is 52.0 Å². The van der Waals surface area contributed by atoms with E-state index in [1.807, 2.05) is 31.2 Å². The molecule has 1 saturated carbocycles. The molecule has 2 fully saturated rings. The molecule has 4 atom stereocenters. The van der Waals surface area contributed by atoms with E-state index in [0.717, 1.165) is 22.6 Å². The van der Waals surface area contributed by atoms with E-state index in [1.54, 1.807) is 6.07 Å². The average molecular weight is 381 g/mol. The van der Waals surface area contributed by atoms with E-state index in [9.17, 15) is 9.59 Å². The lowest BCUT2D eigenvalue weighted by Crippen LogP contribution is -2.28. The van der Waals surface area contributed by atoms with E-state index in [1.165, 1.54) is 6.21 Å². The second kappa shape index (κ2) is 5.92. The summed E-state index contributed by atoms with van der Waals surface area (Å²) in [5.41, 5.74) is 1.94. The zero-order chi connectivity index (χ0) is 18.7. The predicted octanol–water partition coefficient (Wildman–Crippen LogP) is 4.05. The number of hydrogen-bond donors (Lipinski definition) is 0. The summed E-state index contributed by atoms with van der Waals surface area (Å²) in [5, 5.41) is 5.80. The van der Waals surface area contributed by atoms with E-state index in [0.29, 0.717) is 16.5 Å². The maximum atomic E-state index is 12.6. The molecular formula is C21H17ClN2O3. The lowest BCUT2D eigenvalue weighted by Gasteiger charge is -2.13. The molecule has 2 aromatic rings. The van der Waals surface area contributed by atoms with Crippen molar-refractivity contribution in [1.29, 1.82) is 0 Å². The minimum absolute atomic E-state index is 0.178. The number of nitrogens with zero attached hydrogens (tertiary/aromatic N) is 2. The maximum Gasteiger partial charge on any atom is 0.254 e.